The molecule has 0 aliphatic carbocycles. The Bertz CT molecular complexity index is 687. The monoisotopic (exact) mass is 333 g/mol. The summed E-state index contributed by atoms with van der Waals surface area (Å²) in [5.41, 5.74) is 1.00. The Morgan fingerprint density at radius 1 is 1.48 bits per heavy atom. The fourth-order valence-corrected chi connectivity index (χ4v) is 3.01. The number of carbonyl (C=O) groups excluding carboxylic acids is 1. The average molecular weight is 334 g/mol. The van der Waals surface area contributed by atoms with Crippen molar-refractivity contribution in [1.29, 1.82) is 0 Å². The normalized spacial score (nSPS) is 18.0. The molecule has 0 radical (unpaired) electrons. The van der Waals surface area contributed by atoms with Crippen LogP contribution in [0.5, 0.6) is 0 Å². The third-order valence-electron chi connectivity index (χ3n) is 3.89. The predicted molar refractivity (Wildman–Crippen MR) is 89.6 cm³/mol. The first-order valence-corrected chi connectivity index (χ1v) is 8.14. The van der Waals surface area contributed by atoms with Gasteiger partial charge < -0.3 is 10.2 Å². The van der Waals surface area contributed by atoms with Gasteiger partial charge in [0.15, 0.2) is 0 Å². The van der Waals surface area contributed by atoms with E-state index in [9.17, 15) is 4.79 Å². The standard InChI is InChI=1S/C16H20ClN5O/c1-12-4-2-6-15(19-12)21-7-3-5-14(10-21)20-16(23)11-22-9-13(17)8-18-22/h2,4,6,8-9,14H,3,5,7,10-11H2,1H3,(H,20,23)/t14-/m0/s1. The number of aromatic nitrogens is 3. The van der Waals surface area contributed by atoms with Crippen LogP contribution in [-0.4, -0.2) is 39.8 Å². The van der Waals surface area contributed by atoms with Crippen molar-refractivity contribution in [2.45, 2.75) is 32.4 Å². The Morgan fingerprint density at radius 3 is 3.09 bits per heavy atom. The molecule has 0 saturated carbocycles. The van der Waals surface area contributed by atoms with Crippen LogP contribution in [0.1, 0.15) is 18.5 Å². The number of pyridine rings is 1. The fourth-order valence-electron chi connectivity index (χ4n) is 2.85. The van der Waals surface area contributed by atoms with Gasteiger partial charge in [0.25, 0.3) is 0 Å². The van der Waals surface area contributed by atoms with E-state index in [1.165, 1.54) is 6.20 Å². The van der Waals surface area contributed by atoms with Crippen molar-refractivity contribution in [2.75, 3.05) is 18.0 Å². The SMILES string of the molecule is Cc1cccc(N2CCC[C@H](NC(=O)Cn3cc(Cl)cn3)C2)n1. The molecule has 1 atom stereocenters. The van der Waals surface area contributed by atoms with Gasteiger partial charge in [-0.15, -0.1) is 0 Å². The Labute approximate surface area is 140 Å². The molecule has 23 heavy (non-hydrogen) atoms. The number of hydrogen-bond donors (Lipinski definition) is 1. The fraction of sp³-hybridized carbons (Fsp3) is 0.438. The molecule has 3 rings (SSSR count). The van der Waals surface area contributed by atoms with Crippen LogP contribution in [-0.2, 0) is 11.3 Å². The second-order valence-electron chi connectivity index (χ2n) is 5.85. The number of nitrogens with one attached hydrogen (secondary N) is 1. The van der Waals surface area contributed by atoms with Crippen LogP contribution in [0.2, 0.25) is 5.02 Å². The zero-order chi connectivity index (χ0) is 16.2. The van der Waals surface area contributed by atoms with Crippen LogP contribution in [0.4, 0.5) is 5.82 Å². The van der Waals surface area contributed by atoms with Gasteiger partial charge in [0.1, 0.15) is 12.4 Å². The quantitative estimate of drug-likeness (QED) is 0.930. The summed E-state index contributed by atoms with van der Waals surface area (Å²) in [6.45, 7) is 3.92. The van der Waals surface area contributed by atoms with E-state index in [0.717, 1.165) is 37.4 Å². The van der Waals surface area contributed by atoms with E-state index >= 15 is 0 Å². The van der Waals surface area contributed by atoms with Crippen molar-refractivity contribution >= 4 is 23.3 Å². The molecular formula is C16H20ClN5O. The van der Waals surface area contributed by atoms with Gasteiger partial charge in [-0.1, -0.05) is 17.7 Å². The largest absolute Gasteiger partial charge is 0.355 e. The number of aryl methyl sites for hydroxylation is 1. The van der Waals surface area contributed by atoms with Gasteiger partial charge in [0.05, 0.1) is 11.2 Å². The summed E-state index contributed by atoms with van der Waals surface area (Å²) in [6.07, 6.45) is 5.19. The lowest BCUT2D eigenvalue weighted by Gasteiger charge is -2.34. The molecule has 1 fully saturated rings. The van der Waals surface area contributed by atoms with Crippen molar-refractivity contribution in [3.8, 4) is 0 Å². The molecule has 1 saturated heterocycles. The molecule has 3 heterocycles. The lowest BCUT2D eigenvalue weighted by atomic mass is 10.1. The highest BCUT2D eigenvalue weighted by molar-refractivity contribution is 6.30. The smallest absolute Gasteiger partial charge is 0.242 e. The molecule has 1 amide bonds. The van der Waals surface area contributed by atoms with E-state index < -0.39 is 0 Å². The number of amides is 1. The molecule has 7 heteroatoms. The molecule has 0 spiro atoms. The molecule has 0 aromatic carbocycles. The summed E-state index contributed by atoms with van der Waals surface area (Å²) in [7, 11) is 0. The maximum Gasteiger partial charge on any atom is 0.242 e. The third-order valence-corrected chi connectivity index (χ3v) is 4.09. The van der Waals surface area contributed by atoms with Crippen molar-refractivity contribution in [3.63, 3.8) is 0 Å². The predicted octanol–water partition coefficient (Wildman–Crippen LogP) is 2.03. The van der Waals surface area contributed by atoms with Crippen LogP contribution >= 0.6 is 11.6 Å². The molecule has 0 unspecified atom stereocenters. The van der Waals surface area contributed by atoms with E-state index in [0.29, 0.717) is 5.02 Å². The van der Waals surface area contributed by atoms with Gasteiger partial charge in [-0.3, -0.25) is 9.48 Å². The van der Waals surface area contributed by atoms with Gasteiger partial charge in [0, 0.05) is 31.0 Å². The van der Waals surface area contributed by atoms with E-state index in [2.05, 4.69) is 20.3 Å². The van der Waals surface area contributed by atoms with Crippen molar-refractivity contribution < 1.29 is 4.79 Å². The Morgan fingerprint density at radius 2 is 2.35 bits per heavy atom. The van der Waals surface area contributed by atoms with Crippen LogP contribution in [0.3, 0.4) is 0 Å². The third kappa shape index (κ3) is 4.22. The van der Waals surface area contributed by atoms with Gasteiger partial charge in [-0.25, -0.2) is 4.98 Å². The zero-order valence-electron chi connectivity index (χ0n) is 13.1. The van der Waals surface area contributed by atoms with Crippen molar-refractivity contribution in [3.05, 3.63) is 41.3 Å². The minimum Gasteiger partial charge on any atom is -0.355 e. The van der Waals surface area contributed by atoms with Crippen LogP contribution in [0, 0.1) is 6.92 Å². The number of anilines is 1. The summed E-state index contributed by atoms with van der Waals surface area (Å²) >= 11 is 5.81. The first kappa shape index (κ1) is 15.8. The highest BCUT2D eigenvalue weighted by Crippen LogP contribution is 2.18. The number of halogens is 1. The Kier molecular flexibility index (Phi) is 4.81. The van der Waals surface area contributed by atoms with Gasteiger partial charge in [-0.05, 0) is 31.9 Å². The molecule has 6 nitrogen and oxygen atoms in total. The molecule has 1 aliphatic heterocycles. The average Bonchev–Trinajstić information content (AvgIpc) is 2.92. The van der Waals surface area contributed by atoms with Crippen LogP contribution in [0.15, 0.2) is 30.6 Å². The number of nitrogens with zero attached hydrogens (tertiary/aromatic N) is 4. The number of hydrogen-bond acceptors (Lipinski definition) is 4. The highest BCUT2D eigenvalue weighted by Gasteiger charge is 2.22. The summed E-state index contributed by atoms with van der Waals surface area (Å²) in [5.74, 6) is 0.927. The first-order chi connectivity index (χ1) is 11.1. The lowest BCUT2D eigenvalue weighted by Crippen LogP contribution is -2.48. The molecule has 1 aliphatic rings. The Balaban J connectivity index is 1.57. The van der Waals surface area contributed by atoms with Crippen molar-refractivity contribution in [1.82, 2.24) is 20.1 Å². The summed E-state index contributed by atoms with van der Waals surface area (Å²) in [4.78, 5) is 18.9. The molecule has 0 bridgehead atoms. The minimum atomic E-state index is -0.0474. The summed E-state index contributed by atoms with van der Waals surface area (Å²) in [6, 6.07) is 6.15. The second-order valence-corrected chi connectivity index (χ2v) is 6.28. The van der Waals surface area contributed by atoms with Crippen LogP contribution < -0.4 is 10.2 Å². The number of carbonyl (C=O) groups is 1. The molecule has 122 valence electrons. The topological polar surface area (TPSA) is 63.1 Å². The minimum absolute atomic E-state index is 0.0474. The lowest BCUT2D eigenvalue weighted by molar-refractivity contribution is -0.122. The van der Waals surface area contributed by atoms with Gasteiger partial charge >= 0.3 is 0 Å². The van der Waals surface area contributed by atoms with Crippen molar-refractivity contribution in [2.24, 2.45) is 0 Å². The van der Waals surface area contributed by atoms with E-state index in [4.69, 9.17) is 11.6 Å². The molecule has 1 N–H and O–H groups in total. The second kappa shape index (κ2) is 7.00. The summed E-state index contributed by atoms with van der Waals surface area (Å²) < 4.78 is 1.54. The maximum absolute atomic E-state index is 12.1. The van der Waals surface area contributed by atoms with E-state index in [1.54, 1.807) is 10.9 Å². The summed E-state index contributed by atoms with van der Waals surface area (Å²) in [5, 5.41) is 7.64. The van der Waals surface area contributed by atoms with E-state index in [-0.39, 0.29) is 18.5 Å². The molecular weight excluding hydrogens is 314 g/mol. The molecule has 2 aromatic heterocycles. The van der Waals surface area contributed by atoms with Gasteiger partial charge in [-0.2, -0.15) is 5.10 Å². The maximum atomic E-state index is 12.1. The van der Waals surface area contributed by atoms with Gasteiger partial charge in [0.2, 0.25) is 5.91 Å². The number of piperidine rings is 1. The van der Waals surface area contributed by atoms with E-state index in [1.807, 2.05) is 25.1 Å². The molecule has 2 aromatic rings. The number of rotatable bonds is 4. The highest BCUT2D eigenvalue weighted by atomic mass is 35.5. The Hall–Kier alpha value is -2.08. The first-order valence-electron chi connectivity index (χ1n) is 7.76. The van der Waals surface area contributed by atoms with Crippen LogP contribution in [0.25, 0.3) is 0 Å². The zero-order valence-corrected chi connectivity index (χ0v) is 13.8.